The van der Waals surface area contributed by atoms with Gasteiger partial charge in [0.1, 0.15) is 11.4 Å². The second-order valence-corrected chi connectivity index (χ2v) is 6.39. The third kappa shape index (κ3) is 5.31. The van der Waals surface area contributed by atoms with Crippen molar-refractivity contribution in [2.24, 2.45) is 0 Å². The summed E-state index contributed by atoms with van der Waals surface area (Å²) in [6.45, 7) is 4.57. The molecule has 0 aliphatic heterocycles. The van der Waals surface area contributed by atoms with Gasteiger partial charge in [0.05, 0.1) is 11.8 Å². The summed E-state index contributed by atoms with van der Waals surface area (Å²) in [4.78, 5) is 16.8. The standard InChI is InChI=1S/C22H23N3O2/c1-16(2)27-21-11-7-6-10-19(21)25-22(26)20-14-18(12-13-23-20)24-15-17-8-4-3-5-9-17/h3-14,16H,15H2,1-2H3,(H,23,24)(H,25,26). The van der Waals surface area contributed by atoms with E-state index in [1.807, 2.05) is 74.5 Å². The molecule has 1 amide bonds. The number of carbonyl (C=O) groups excluding carboxylic acids is 1. The van der Waals surface area contributed by atoms with Crippen LogP contribution in [0.4, 0.5) is 11.4 Å². The average Bonchev–Trinajstić information content (AvgIpc) is 2.68. The Hall–Kier alpha value is -3.34. The van der Waals surface area contributed by atoms with E-state index in [0.29, 0.717) is 23.7 Å². The van der Waals surface area contributed by atoms with Crippen molar-refractivity contribution < 1.29 is 9.53 Å². The van der Waals surface area contributed by atoms with Gasteiger partial charge in [-0.2, -0.15) is 0 Å². The van der Waals surface area contributed by atoms with Gasteiger partial charge in [-0.25, -0.2) is 0 Å². The van der Waals surface area contributed by atoms with Gasteiger partial charge in [-0.05, 0) is 43.7 Å². The molecule has 0 saturated carbocycles. The lowest BCUT2D eigenvalue weighted by Gasteiger charge is -2.14. The van der Waals surface area contributed by atoms with Gasteiger partial charge < -0.3 is 15.4 Å². The van der Waals surface area contributed by atoms with Crippen LogP contribution in [0.2, 0.25) is 0 Å². The summed E-state index contributed by atoms with van der Waals surface area (Å²) in [5.41, 5.74) is 2.97. The van der Waals surface area contributed by atoms with Gasteiger partial charge in [-0.15, -0.1) is 0 Å². The first-order valence-corrected chi connectivity index (χ1v) is 8.92. The smallest absolute Gasteiger partial charge is 0.274 e. The minimum atomic E-state index is -0.279. The Kier molecular flexibility index (Phi) is 6.05. The number of nitrogens with zero attached hydrogens (tertiary/aromatic N) is 1. The second-order valence-electron chi connectivity index (χ2n) is 6.39. The van der Waals surface area contributed by atoms with Gasteiger partial charge in [0.15, 0.2) is 0 Å². The number of para-hydroxylation sites is 2. The van der Waals surface area contributed by atoms with Gasteiger partial charge in [0, 0.05) is 18.4 Å². The molecule has 0 radical (unpaired) electrons. The molecule has 2 N–H and O–H groups in total. The fourth-order valence-electron chi connectivity index (χ4n) is 2.58. The van der Waals surface area contributed by atoms with Crippen LogP contribution in [0.25, 0.3) is 0 Å². The third-order valence-electron chi connectivity index (χ3n) is 3.83. The summed E-state index contributed by atoms with van der Waals surface area (Å²) >= 11 is 0. The van der Waals surface area contributed by atoms with Crippen LogP contribution < -0.4 is 15.4 Å². The normalized spacial score (nSPS) is 10.5. The second kappa shape index (κ2) is 8.85. The van der Waals surface area contributed by atoms with Crippen molar-refractivity contribution in [1.82, 2.24) is 4.98 Å². The molecule has 2 aromatic carbocycles. The number of carbonyl (C=O) groups is 1. The van der Waals surface area contributed by atoms with E-state index in [0.717, 1.165) is 5.69 Å². The highest BCUT2D eigenvalue weighted by Crippen LogP contribution is 2.25. The Bertz CT molecular complexity index is 895. The van der Waals surface area contributed by atoms with Crippen molar-refractivity contribution in [1.29, 1.82) is 0 Å². The van der Waals surface area contributed by atoms with Crippen LogP contribution in [0.3, 0.4) is 0 Å². The van der Waals surface area contributed by atoms with Gasteiger partial charge in [0.25, 0.3) is 5.91 Å². The minimum absolute atomic E-state index is 0.0201. The van der Waals surface area contributed by atoms with E-state index < -0.39 is 0 Å². The molecule has 5 heteroatoms. The van der Waals surface area contributed by atoms with E-state index in [1.165, 1.54) is 5.56 Å². The van der Waals surface area contributed by atoms with Crippen LogP contribution in [0.15, 0.2) is 72.9 Å². The summed E-state index contributed by atoms with van der Waals surface area (Å²) in [7, 11) is 0. The summed E-state index contributed by atoms with van der Waals surface area (Å²) in [6.07, 6.45) is 1.64. The van der Waals surface area contributed by atoms with E-state index >= 15 is 0 Å². The van der Waals surface area contributed by atoms with E-state index in [2.05, 4.69) is 15.6 Å². The first-order valence-electron chi connectivity index (χ1n) is 8.92. The van der Waals surface area contributed by atoms with Crippen LogP contribution in [0.5, 0.6) is 5.75 Å². The summed E-state index contributed by atoms with van der Waals surface area (Å²) < 4.78 is 5.75. The molecule has 0 atom stereocenters. The van der Waals surface area contributed by atoms with Crippen LogP contribution in [0, 0.1) is 0 Å². The molecule has 0 saturated heterocycles. The quantitative estimate of drug-likeness (QED) is 0.638. The summed E-state index contributed by atoms with van der Waals surface area (Å²) in [5, 5.41) is 6.19. The monoisotopic (exact) mass is 361 g/mol. The van der Waals surface area contributed by atoms with E-state index in [-0.39, 0.29) is 12.0 Å². The molecular formula is C22H23N3O2. The van der Waals surface area contributed by atoms with Crippen molar-refractivity contribution in [3.8, 4) is 5.75 Å². The number of amides is 1. The molecular weight excluding hydrogens is 338 g/mol. The predicted octanol–water partition coefficient (Wildman–Crippen LogP) is 4.73. The molecule has 0 unspecified atom stereocenters. The molecule has 5 nitrogen and oxygen atoms in total. The van der Waals surface area contributed by atoms with Crippen LogP contribution >= 0.6 is 0 Å². The first kappa shape index (κ1) is 18.5. The maximum absolute atomic E-state index is 12.6. The maximum Gasteiger partial charge on any atom is 0.274 e. The number of benzene rings is 2. The number of hydrogen-bond donors (Lipinski definition) is 2. The number of pyridine rings is 1. The Labute approximate surface area is 159 Å². The van der Waals surface area contributed by atoms with Gasteiger partial charge in [-0.3, -0.25) is 9.78 Å². The van der Waals surface area contributed by atoms with Crippen molar-refractivity contribution in [3.63, 3.8) is 0 Å². The molecule has 0 aliphatic rings. The molecule has 3 rings (SSSR count). The lowest BCUT2D eigenvalue weighted by Crippen LogP contribution is -2.16. The van der Waals surface area contributed by atoms with Gasteiger partial charge in [0.2, 0.25) is 0 Å². The Morgan fingerprint density at radius 1 is 1.04 bits per heavy atom. The Morgan fingerprint density at radius 3 is 2.56 bits per heavy atom. The Balaban J connectivity index is 1.69. The minimum Gasteiger partial charge on any atom is -0.489 e. The molecule has 1 heterocycles. The molecule has 138 valence electrons. The van der Waals surface area contributed by atoms with E-state index in [1.54, 1.807) is 12.3 Å². The highest BCUT2D eigenvalue weighted by atomic mass is 16.5. The van der Waals surface area contributed by atoms with Crippen LogP contribution in [-0.4, -0.2) is 17.0 Å². The topological polar surface area (TPSA) is 63.2 Å². The molecule has 0 spiro atoms. The SMILES string of the molecule is CC(C)Oc1ccccc1NC(=O)c1cc(NCc2ccccc2)ccn1. The third-order valence-corrected chi connectivity index (χ3v) is 3.83. The van der Waals surface area contributed by atoms with E-state index in [4.69, 9.17) is 4.74 Å². The largest absolute Gasteiger partial charge is 0.489 e. The van der Waals surface area contributed by atoms with Crippen LogP contribution in [0.1, 0.15) is 29.9 Å². The molecule has 0 aliphatic carbocycles. The zero-order valence-corrected chi connectivity index (χ0v) is 15.5. The van der Waals surface area contributed by atoms with Crippen molar-refractivity contribution in [2.45, 2.75) is 26.5 Å². The van der Waals surface area contributed by atoms with Crippen molar-refractivity contribution in [2.75, 3.05) is 10.6 Å². The number of rotatable bonds is 7. The highest BCUT2D eigenvalue weighted by molar-refractivity contribution is 6.04. The molecule has 0 bridgehead atoms. The average molecular weight is 361 g/mol. The lowest BCUT2D eigenvalue weighted by molar-refractivity contribution is 0.102. The van der Waals surface area contributed by atoms with Gasteiger partial charge in [-0.1, -0.05) is 42.5 Å². The van der Waals surface area contributed by atoms with E-state index in [9.17, 15) is 4.79 Å². The number of hydrogen-bond acceptors (Lipinski definition) is 4. The summed E-state index contributed by atoms with van der Waals surface area (Å²) in [5.74, 6) is 0.359. The number of aromatic nitrogens is 1. The molecule has 27 heavy (non-hydrogen) atoms. The number of nitrogens with one attached hydrogen (secondary N) is 2. The zero-order valence-electron chi connectivity index (χ0n) is 15.5. The first-order chi connectivity index (χ1) is 13.1. The van der Waals surface area contributed by atoms with Crippen LogP contribution in [-0.2, 0) is 6.54 Å². The Morgan fingerprint density at radius 2 is 1.78 bits per heavy atom. The maximum atomic E-state index is 12.6. The summed E-state index contributed by atoms with van der Waals surface area (Å²) in [6, 6.07) is 21.0. The zero-order chi connectivity index (χ0) is 19.1. The number of ether oxygens (including phenoxy) is 1. The fourth-order valence-corrected chi connectivity index (χ4v) is 2.58. The molecule has 0 fully saturated rings. The number of anilines is 2. The predicted molar refractivity (Wildman–Crippen MR) is 108 cm³/mol. The van der Waals surface area contributed by atoms with Gasteiger partial charge >= 0.3 is 0 Å². The molecule has 1 aromatic heterocycles. The fraction of sp³-hybridized carbons (Fsp3) is 0.182. The molecule has 3 aromatic rings. The lowest BCUT2D eigenvalue weighted by atomic mass is 10.2. The highest BCUT2D eigenvalue weighted by Gasteiger charge is 2.12. The van der Waals surface area contributed by atoms with Crippen molar-refractivity contribution in [3.05, 3.63) is 84.2 Å². The van der Waals surface area contributed by atoms with Crippen molar-refractivity contribution >= 4 is 17.3 Å².